The molecule has 2 fully saturated rings. The average Bonchev–Trinajstić information content (AvgIpc) is 2.45. The minimum absolute atomic E-state index is 0.534. The monoisotopic (exact) mass is 254 g/mol. The molecular formula is C15H30N2O. The summed E-state index contributed by atoms with van der Waals surface area (Å²) in [6.45, 7) is 9.19. The van der Waals surface area contributed by atoms with Crippen molar-refractivity contribution in [2.24, 2.45) is 0 Å². The molecule has 0 bridgehead atoms. The van der Waals surface area contributed by atoms with Gasteiger partial charge in [0.25, 0.3) is 0 Å². The lowest BCUT2D eigenvalue weighted by molar-refractivity contribution is -0.000431. The Morgan fingerprint density at radius 3 is 2.78 bits per heavy atom. The third-order valence-corrected chi connectivity index (χ3v) is 4.59. The Balaban J connectivity index is 1.76. The summed E-state index contributed by atoms with van der Waals surface area (Å²) in [5.41, 5.74) is 0. The number of hydrogen-bond acceptors (Lipinski definition) is 3. The quantitative estimate of drug-likeness (QED) is 0.815. The molecule has 3 nitrogen and oxygen atoms in total. The van der Waals surface area contributed by atoms with Crippen molar-refractivity contribution in [2.75, 3.05) is 26.2 Å². The van der Waals surface area contributed by atoms with Crippen LogP contribution in [0.5, 0.6) is 0 Å². The Kier molecular flexibility index (Phi) is 5.93. The van der Waals surface area contributed by atoms with Crippen LogP contribution in [0.4, 0.5) is 0 Å². The predicted octanol–water partition coefficient (Wildman–Crippen LogP) is 2.41. The van der Waals surface area contributed by atoms with Crippen LogP contribution in [-0.2, 0) is 4.74 Å². The van der Waals surface area contributed by atoms with Crippen LogP contribution in [0.15, 0.2) is 0 Å². The molecule has 2 aliphatic heterocycles. The molecular weight excluding hydrogens is 224 g/mol. The van der Waals surface area contributed by atoms with Crippen LogP contribution in [0.25, 0.3) is 0 Å². The maximum absolute atomic E-state index is 5.85. The van der Waals surface area contributed by atoms with Gasteiger partial charge in [0, 0.05) is 38.3 Å². The maximum atomic E-state index is 5.85. The Bertz CT molecular complexity index is 229. The van der Waals surface area contributed by atoms with Crippen molar-refractivity contribution in [1.29, 1.82) is 0 Å². The fraction of sp³-hybridized carbons (Fsp3) is 1.00. The van der Waals surface area contributed by atoms with Gasteiger partial charge in [-0.2, -0.15) is 0 Å². The number of rotatable bonds is 5. The van der Waals surface area contributed by atoms with Crippen LogP contribution in [0, 0.1) is 0 Å². The molecule has 0 spiro atoms. The van der Waals surface area contributed by atoms with Crippen molar-refractivity contribution in [3.63, 3.8) is 0 Å². The van der Waals surface area contributed by atoms with E-state index in [4.69, 9.17) is 4.74 Å². The molecule has 0 aromatic carbocycles. The number of ether oxygens (including phenoxy) is 1. The van der Waals surface area contributed by atoms with Gasteiger partial charge in [-0.1, -0.05) is 13.8 Å². The molecule has 2 saturated heterocycles. The van der Waals surface area contributed by atoms with Crippen LogP contribution >= 0.6 is 0 Å². The van der Waals surface area contributed by atoms with Crippen molar-refractivity contribution < 1.29 is 4.74 Å². The molecule has 106 valence electrons. The van der Waals surface area contributed by atoms with E-state index in [0.29, 0.717) is 12.1 Å². The van der Waals surface area contributed by atoms with E-state index in [9.17, 15) is 0 Å². The zero-order chi connectivity index (χ0) is 12.8. The molecule has 2 aliphatic rings. The van der Waals surface area contributed by atoms with E-state index in [1.54, 1.807) is 0 Å². The fourth-order valence-electron chi connectivity index (χ4n) is 3.22. The zero-order valence-electron chi connectivity index (χ0n) is 12.2. The van der Waals surface area contributed by atoms with E-state index in [1.165, 1.54) is 58.2 Å². The Morgan fingerprint density at radius 1 is 1.22 bits per heavy atom. The summed E-state index contributed by atoms with van der Waals surface area (Å²) in [6, 6.07) is 1.43. The van der Waals surface area contributed by atoms with E-state index in [2.05, 4.69) is 24.1 Å². The maximum Gasteiger partial charge on any atom is 0.0587 e. The van der Waals surface area contributed by atoms with Gasteiger partial charge in [-0.15, -0.1) is 0 Å². The second-order valence-corrected chi connectivity index (χ2v) is 5.85. The fourth-order valence-corrected chi connectivity index (χ4v) is 3.22. The number of nitrogens with one attached hydrogen (secondary N) is 1. The summed E-state index contributed by atoms with van der Waals surface area (Å²) in [7, 11) is 0. The molecule has 0 radical (unpaired) electrons. The number of hydrogen-bond donors (Lipinski definition) is 1. The highest BCUT2D eigenvalue weighted by molar-refractivity contribution is 4.85. The van der Waals surface area contributed by atoms with Gasteiger partial charge >= 0.3 is 0 Å². The molecule has 2 heterocycles. The standard InChI is InChI=1S/C15H30N2O/c1-3-13-12-17(14(4-2)11-16-13)9-8-15-7-5-6-10-18-15/h13-16H,3-12H2,1-2H3. The Hall–Kier alpha value is -0.120. The Morgan fingerprint density at radius 2 is 2.11 bits per heavy atom. The summed E-state index contributed by atoms with van der Waals surface area (Å²) in [4.78, 5) is 2.70. The lowest BCUT2D eigenvalue weighted by atomic mass is 10.0. The third-order valence-electron chi connectivity index (χ3n) is 4.59. The summed E-state index contributed by atoms with van der Waals surface area (Å²) in [6.07, 6.45) is 8.17. The molecule has 3 heteroatoms. The van der Waals surface area contributed by atoms with Crippen LogP contribution in [0.3, 0.4) is 0 Å². The van der Waals surface area contributed by atoms with Crippen molar-refractivity contribution in [2.45, 2.75) is 70.6 Å². The first-order valence-electron chi connectivity index (χ1n) is 7.92. The highest BCUT2D eigenvalue weighted by atomic mass is 16.5. The van der Waals surface area contributed by atoms with Gasteiger partial charge in [-0.3, -0.25) is 4.90 Å². The molecule has 1 N–H and O–H groups in total. The molecule has 0 amide bonds. The average molecular weight is 254 g/mol. The van der Waals surface area contributed by atoms with Gasteiger partial charge in [0.1, 0.15) is 0 Å². The van der Waals surface area contributed by atoms with Crippen LogP contribution < -0.4 is 5.32 Å². The molecule has 0 saturated carbocycles. The minimum Gasteiger partial charge on any atom is -0.378 e. The topological polar surface area (TPSA) is 24.5 Å². The highest BCUT2D eigenvalue weighted by Crippen LogP contribution is 2.18. The van der Waals surface area contributed by atoms with Crippen LogP contribution in [-0.4, -0.2) is 49.3 Å². The van der Waals surface area contributed by atoms with Gasteiger partial charge in [0.15, 0.2) is 0 Å². The summed E-state index contributed by atoms with van der Waals surface area (Å²) < 4.78 is 5.85. The first kappa shape index (κ1) is 14.3. The van der Waals surface area contributed by atoms with E-state index in [1.807, 2.05) is 0 Å². The lowest BCUT2D eigenvalue weighted by Crippen LogP contribution is -2.56. The summed E-state index contributed by atoms with van der Waals surface area (Å²) in [5, 5.41) is 3.66. The van der Waals surface area contributed by atoms with E-state index >= 15 is 0 Å². The molecule has 0 aliphatic carbocycles. The largest absolute Gasteiger partial charge is 0.378 e. The third kappa shape index (κ3) is 3.94. The summed E-state index contributed by atoms with van der Waals surface area (Å²) in [5.74, 6) is 0. The van der Waals surface area contributed by atoms with Gasteiger partial charge in [0.05, 0.1) is 6.10 Å². The molecule has 0 aromatic rings. The van der Waals surface area contributed by atoms with E-state index in [-0.39, 0.29) is 0 Å². The van der Waals surface area contributed by atoms with E-state index < -0.39 is 0 Å². The van der Waals surface area contributed by atoms with Gasteiger partial charge in [-0.05, 0) is 38.5 Å². The number of nitrogens with zero attached hydrogens (tertiary/aromatic N) is 1. The molecule has 3 atom stereocenters. The Labute approximate surface area is 112 Å². The molecule has 2 rings (SSSR count). The highest BCUT2D eigenvalue weighted by Gasteiger charge is 2.26. The predicted molar refractivity (Wildman–Crippen MR) is 75.9 cm³/mol. The molecule has 3 unspecified atom stereocenters. The minimum atomic E-state index is 0.534. The molecule has 0 aromatic heterocycles. The zero-order valence-corrected chi connectivity index (χ0v) is 12.2. The second kappa shape index (κ2) is 7.46. The first-order valence-corrected chi connectivity index (χ1v) is 7.92. The SMILES string of the molecule is CCC1CN(CCC2CCCCO2)C(CC)CN1. The normalized spacial score (nSPS) is 34.7. The van der Waals surface area contributed by atoms with Gasteiger partial charge in [-0.25, -0.2) is 0 Å². The summed E-state index contributed by atoms with van der Waals surface area (Å²) >= 11 is 0. The van der Waals surface area contributed by atoms with Crippen molar-refractivity contribution >= 4 is 0 Å². The van der Waals surface area contributed by atoms with Crippen molar-refractivity contribution in [3.8, 4) is 0 Å². The van der Waals surface area contributed by atoms with Gasteiger partial charge in [0.2, 0.25) is 0 Å². The lowest BCUT2D eigenvalue weighted by Gasteiger charge is -2.40. The molecule has 18 heavy (non-hydrogen) atoms. The van der Waals surface area contributed by atoms with Crippen LogP contribution in [0.2, 0.25) is 0 Å². The number of piperazine rings is 1. The van der Waals surface area contributed by atoms with Crippen LogP contribution in [0.1, 0.15) is 52.4 Å². The van der Waals surface area contributed by atoms with Crippen molar-refractivity contribution in [3.05, 3.63) is 0 Å². The van der Waals surface area contributed by atoms with E-state index in [0.717, 1.165) is 12.6 Å². The van der Waals surface area contributed by atoms with Crippen molar-refractivity contribution in [1.82, 2.24) is 10.2 Å². The van der Waals surface area contributed by atoms with Gasteiger partial charge < -0.3 is 10.1 Å². The first-order chi connectivity index (χ1) is 8.83. The second-order valence-electron chi connectivity index (χ2n) is 5.85. The smallest absolute Gasteiger partial charge is 0.0587 e.